The molecule has 0 radical (unpaired) electrons. The molecule has 0 bridgehead atoms. The highest BCUT2D eigenvalue weighted by Crippen LogP contribution is 2.27. The number of carbonyl (C=O) groups is 1. The number of nitrogens with zero attached hydrogens (tertiary/aromatic N) is 1. The summed E-state index contributed by atoms with van der Waals surface area (Å²) in [5.41, 5.74) is 0. The molecule has 2 unspecified atom stereocenters. The molecule has 1 heterocycles. The molecule has 2 atom stereocenters. The molecule has 0 aromatic rings. The third kappa shape index (κ3) is 2.46. The summed E-state index contributed by atoms with van der Waals surface area (Å²) < 4.78 is 0. The van der Waals surface area contributed by atoms with Crippen LogP contribution >= 0.6 is 0 Å². The fourth-order valence-electron chi connectivity index (χ4n) is 2.82. The second-order valence-corrected chi connectivity index (χ2v) is 5.05. The first-order valence-electron chi connectivity index (χ1n) is 6.32. The van der Waals surface area contributed by atoms with Crippen molar-refractivity contribution in [3.05, 3.63) is 12.2 Å². The van der Waals surface area contributed by atoms with Crippen molar-refractivity contribution in [1.29, 1.82) is 0 Å². The first kappa shape index (κ1) is 11.6. The van der Waals surface area contributed by atoms with Crippen molar-refractivity contribution in [3.63, 3.8) is 0 Å². The molecule has 16 heavy (non-hydrogen) atoms. The second kappa shape index (κ2) is 5.00. The SMILES string of the molecule is CC(O)CC1CCCN1C(=O)C1CC=CC1. The van der Waals surface area contributed by atoms with Crippen LogP contribution in [0.25, 0.3) is 0 Å². The Morgan fingerprint density at radius 2 is 2.19 bits per heavy atom. The van der Waals surface area contributed by atoms with E-state index < -0.39 is 0 Å². The summed E-state index contributed by atoms with van der Waals surface area (Å²) in [6.07, 6.45) is 8.56. The number of aliphatic hydroxyl groups is 1. The van der Waals surface area contributed by atoms with Gasteiger partial charge in [0.2, 0.25) is 5.91 Å². The molecule has 1 fully saturated rings. The van der Waals surface area contributed by atoms with E-state index in [1.54, 1.807) is 6.92 Å². The average molecular weight is 223 g/mol. The lowest BCUT2D eigenvalue weighted by Crippen LogP contribution is -2.40. The van der Waals surface area contributed by atoms with Crippen LogP contribution in [0.4, 0.5) is 0 Å². The van der Waals surface area contributed by atoms with Gasteiger partial charge in [0.05, 0.1) is 6.10 Å². The fourth-order valence-corrected chi connectivity index (χ4v) is 2.82. The van der Waals surface area contributed by atoms with E-state index in [-0.39, 0.29) is 18.1 Å². The van der Waals surface area contributed by atoms with Crippen LogP contribution in [0.1, 0.15) is 39.0 Å². The highest BCUT2D eigenvalue weighted by molar-refractivity contribution is 5.80. The number of likely N-dealkylation sites (tertiary alicyclic amines) is 1. The Kier molecular flexibility index (Phi) is 3.64. The van der Waals surface area contributed by atoms with Crippen LogP contribution in [0, 0.1) is 5.92 Å². The van der Waals surface area contributed by atoms with Crippen LogP contribution in [0.15, 0.2) is 12.2 Å². The van der Waals surface area contributed by atoms with Crippen molar-refractivity contribution < 1.29 is 9.90 Å². The zero-order valence-corrected chi connectivity index (χ0v) is 9.93. The number of allylic oxidation sites excluding steroid dienone is 2. The number of aliphatic hydroxyl groups excluding tert-OH is 1. The predicted molar refractivity (Wildman–Crippen MR) is 62.9 cm³/mol. The number of amides is 1. The van der Waals surface area contributed by atoms with Gasteiger partial charge in [0.15, 0.2) is 0 Å². The Bertz CT molecular complexity index is 278. The first-order valence-corrected chi connectivity index (χ1v) is 6.32. The summed E-state index contributed by atoms with van der Waals surface area (Å²) >= 11 is 0. The largest absolute Gasteiger partial charge is 0.393 e. The van der Waals surface area contributed by atoms with E-state index in [2.05, 4.69) is 12.2 Å². The predicted octanol–water partition coefficient (Wildman–Crippen LogP) is 1.71. The number of hydrogen-bond donors (Lipinski definition) is 1. The van der Waals surface area contributed by atoms with Gasteiger partial charge in [-0.25, -0.2) is 0 Å². The molecule has 1 N–H and O–H groups in total. The third-order valence-corrected chi connectivity index (χ3v) is 3.63. The molecular formula is C13H21NO2. The van der Waals surface area contributed by atoms with Gasteiger partial charge in [-0.2, -0.15) is 0 Å². The van der Waals surface area contributed by atoms with E-state index in [4.69, 9.17) is 0 Å². The minimum absolute atomic E-state index is 0.176. The van der Waals surface area contributed by atoms with Crippen LogP contribution in [0.5, 0.6) is 0 Å². The molecule has 1 aliphatic carbocycles. The van der Waals surface area contributed by atoms with E-state index in [0.29, 0.717) is 5.91 Å². The molecular weight excluding hydrogens is 202 g/mol. The van der Waals surface area contributed by atoms with Gasteiger partial charge < -0.3 is 10.0 Å². The molecule has 90 valence electrons. The normalized spacial score (nSPS) is 27.6. The highest BCUT2D eigenvalue weighted by Gasteiger charge is 2.33. The molecule has 3 nitrogen and oxygen atoms in total. The fraction of sp³-hybridized carbons (Fsp3) is 0.769. The quantitative estimate of drug-likeness (QED) is 0.740. The summed E-state index contributed by atoms with van der Waals surface area (Å²) in [4.78, 5) is 14.2. The van der Waals surface area contributed by atoms with Gasteiger partial charge in [-0.3, -0.25) is 4.79 Å². The van der Waals surface area contributed by atoms with E-state index in [1.165, 1.54) is 0 Å². The highest BCUT2D eigenvalue weighted by atomic mass is 16.3. The van der Waals surface area contributed by atoms with E-state index in [1.807, 2.05) is 4.90 Å². The van der Waals surface area contributed by atoms with Crippen molar-refractivity contribution in [2.75, 3.05) is 6.54 Å². The maximum Gasteiger partial charge on any atom is 0.226 e. The maximum atomic E-state index is 12.2. The lowest BCUT2D eigenvalue weighted by Gasteiger charge is -2.28. The Labute approximate surface area is 97.1 Å². The van der Waals surface area contributed by atoms with E-state index in [0.717, 1.165) is 38.6 Å². The smallest absolute Gasteiger partial charge is 0.226 e. The van der Waals surface area contributed by atoms with Gasteiger partial charge in [-0.1, -0.05) is 12.2 Å². The second-order valence-electron chi connectivity index (χ2n) is 5.05. The van der Waals surface area contributed by atoms with E-state index >= 15 is 0 Å². The Balaban J connectivity index is 1.93. The van der Waals surface area contributed by atoms with Gasteiger partial charge in [-0.05, 0) is 39.0 Å². The molecule has 0 aromatic heterocycles. The topological polar surface area (TPSA) is 40.5 Å². The monoisotopic (exact) mass is 223 g/mol. The summed E-state index contributed by atoms with van der Waals surface area (Å²) in [6.45, 7) is 2.69. The molecule has 2 rings (SSSR count). The van der Waals surface area contributed by atoms with E-state index in [9.17, 15) is 9.90 Å². The molecule has 1 aliphatic heterocycles. The van der Waals surface area contributed by atoms with Gasteiger partial charge in [-0.15, -0.1) is 0 Å². The third-order valence-electron chi connectivity index (χ3n) is 3.63. The number of carbonyl (C=O) groups excluding carboxylic acids is 1. The standard InChI is InChI=1S/C13H21NO2/c1-10(15)9-12-7-4-8-14(12)13(16)11-5-2-3-6-11/h2-3,10-12,15H,4-9H2,1H3. The molecule has 0 aromatic carbocycles. The van der Waals surface area contributed by atoms with Gasteiger partial charge in [0.25, 0.3) is 0 Å². The maximum absolute atomic E-state index is 12.2. The molecule has 1 saturated heterocycles. The Morgan fingerprint density at radius 1 is 1.50 bits per heavy atom. The summed E-state index contributed by atoms with van der Waals surface area (Å²) in [6, 6.07) is 0.271. The molecule has 0 spiro atoms. The van der Waals surface area contributed by atoms with Crippen LogP contribution < -0.4 is 0 Å². The van der Waals surface area contributed by atoms with Crippen molar-refractivity contribution in [1.82, 2.24) is 4.90 Å². The van der Waals surface area contributed by atoms with Crippen molar-refractivity contribution >= 4 is 5.91 Å². The Morgan fingerprint density at radius 3 is 2.81 bits per heavy atom. The van der Waals surface area contributed by atoms with Crippen LogP contribution in [0.2, 0.25) is 0 Å². The van der Waals surface area contributed by atoms with Gasteiger partial charge in [0.1, 0.15) is 0 Å². The van der Waals surface area contributed by atoms with Crippen molar-refractivity contribution in [2.24, 2.45) is 5.92 Å². The van der Waals surface area contributed by atoms with Crippen LogP contribution in [-0.4, -0.2) is 34.6 Å². The molecule has 3 heteroatoms. The van der Waals surface area contributed by atoms with Gasteiger partial charge in [0, 0.05) is 18.5 Å². The zero-order chi connectivity index (χ0) is 11.5. The number of rotatable bonds is 3. The molecule has 1 amide bonds. The minimum atomic E-state index is -0.305. The first-order chi connectivity index (χ1) is 7.68. The van der Waals surface area contributed by atoms with Crippen LogP contribution in [0.3, 0.4) is 0 Å². The molecule has 2 aliphatic rings. The lowest BCUT2D eigenvalue weighted by molar-refractivity contribution is -0.136. The van der Waals surface area contributed by atoms with Crippen molar-refractivity contribution in [3.8, 4) is 0 Å². The number of hydrogen-bond acceptors (Lipinski definition) is 2. The van der Waals surface area contributed by atoms with Gasteiger partial charge >= 0.3 is 0 Å². The van der Waals surface area contributed by atoms with Crippen LogP contribution in [-0.2, 0) is 4.79 Å². The molecule has 0 saturated carbocycles. The Hall–Kier alpha value is -0.830. The summed E-state index contributed by atoms with van der Waals surface area (Å²) in [5.74, 6) is 0.475. The lowest BCUT2D eigenvalue weighted by atomic mass is 10.0. The average Bonchev–Trinajstić information content (AvgIpc) is 2.84. The minimum Gasteiger partial charge on any atom is -0.393 e. The van der Waals surface area contributed by atoms with Crippen molar-refractivity contribution in [2.45, 2.75) is 51.2 Å². The summed E-state index contributed by atoms with van der Waals surface area (Å²) in [5, 5.41) is 9.43. The summed E-state index contributed by atoms with van der Waals surface area (Å²) in [7, 11) is 0. The zero-order valence-electron chi connectivity index (χ0n) is 9.93.